The molecule has 0 radical (unpaired) electrons. The fourth-order valence-electron chi connectivity index (χ4n) is 8.97. The molecule has 0 amide bonds. The number of ether oxygens (including phenoxy) is 10. The molecule has 0 spiro atoms. The van der Waals surface area contributed by atoms with E-state index < -0.39 is 61.4 Å². The van der Waals surface area contributed by atoms with Gasteiger partial charge in [-0.2, -0.15) is 0 Å². The van der Waals surface area contributed by atoms with Crippen molar-refractivity contribution in [2.24, 2.45) is 0 Å². The third-order valence-corrected chi connectivity index (χ3v) is 12.7. The molecule has 0 aromatic heterocycles. The van der Waals surface area contributed by atoms with Gasteiger partial charge in [-0.25, -0.2) is 0 Å². The Kier molecular flexibility index (Phi) is 19.3. The molecule has 9 rings (SSSR count). The molecule has 7 aromatic carbocycles. The maximum Gasteiger partial charge on any atom is 0.187 e. The van der Waals surface area contributed by atoms with Gasteiger partial charge in [-0.05, 0) is 38.9 Å². The van der Waals surface area contributed by atoms with Gasteiger partial charge in [0.25, 0.3) is 0 Å². The van der Waals surface area contributed by atoms with Gasteiger partial charge < -0.3 is 52.5 Å². The van der Waals surface area contributed by atoms with Crippen molar-refractivity contribution in [1.29, 1.82) is 0 Å². The topological polar surface area (TPSA) is 113 Å². The summed E-state index contributed by atoms with van der Waals surface area (Å²) in [6.07, 6.45) is -8.74. The van der Waals surface area contributed by atoms with Crippen LogP contribution in [-0.4, -0.2) is 79.7 Å². The van der Waals surface area contributed by atoms with Crippen molar-refractivity contribution >= 4 is 0 Å². The molecule has 2 aliphatic rings. The van der Waals surface area contributed by atoms with Crippen LogP contribution in [0, 0.1) is 0 Å². The van der Waals surface area contributed by atoms with Crippen LogP contribution in [0.1, 0.15) is 38.9 Å². The van der Waals surface area contributed by atoms with Crippen molar-refractivity contribution in [3.8, 4) is 0 Å². The molecule has 0 unspecified atom stereocenters. The van der Waals surface area contributed by atoms with Gasteiger partial charge in [0.2, 0.25) is 0 Å². The van der Waals surface area contributed by atoms with Crippen molar-refractivity contribution < 1.29 is 52.5 Å². The average Bonchev–Trinajstić information content (AvgIpc) is 3.44. The van der Waals surface area contributed by atoms with Crippen molar-refractivity contribution in [2.45, 2.75) is 108 Å². The minimum atomic E-state index is -1.41. The van der Waals surface area contributed by atoms with Gasteiger partial charge in [-0.3, -0.25) is 0 Å². The second kappa shape index (κ2) is 27.2. The molecule has 2 aliphatic heterocycles. The van der Waals surface area contributed by atoms with Crippen LogP contribution in [0.15, 0.2) is 212 Å². The first-order valence-corrected chi connectivity index (χ1v) is 24.8. The van der Waals surface area contributed by atoms with Crippen molar-refractivity contribution in [1.82, 2.24) is 0 Å². The van der Waals surface area contributed by atoms with Crippen LogP contribution >= 0.6 is 0 Å². The predicted octanol–water partition coefficient (Wildman–Crippen LogP) is 10.2. The van der Waals surface area contributed by atoms with E-state index in [1.807, 2.05) is 212 Å². The van der Waals surface area contributed by atoms with Crippen LogP contribution in [0.3, 0.4) is 0 Å². The summed E-state index contributed by atoms with van der Waals surface area (Å²) in [6.45, 7) is 1.89. The van der Waals surface area contributed by atoms with Gasteiger partial charge in [-0.1, -0.05) is 212 Å². The highest BCUT2D eigenvalue weighted by Gasteiger charge is 2.52. The van der Waals surface area contributed by atoms with E-state index in [-0.39, 0.29) is 52.9 Å². The molecule has 7 aromatic rings. The molecule has 2 fully saturated rings. The second-order valence-corrected chi connectivity index (χ2v) is 18.0. The van der Waals surface area contributed by atoms with E-state index in [0.717, 1.165) is 38.9 Å². The third kappa shape index (κ3) is 14.8. The summed E-state index contributed by atoms with van der Waals surface area (Å²) in [5.74, 6) is 0. The molecule has 11 heteroatoms. The summed E-state index contributed by atoms with van der Waals surface area (Å²) in [6, 6.07) is 69.7. The molecule has 2 heterocycles. The zero-order chi connectivity index (χ0) is 49.0. The van der Waals surface area contributed by atoms with Gasteiger partial charge in [0.05, 0.1) is 59.5 Å². The Morgan fingerprint density at radius 3 is 0.917 bits per heavy atom. The molecule has 1 N–H and O–H groups in total. The summed E-state index contributed by atoms with van der Waals surface area (Å²) < 4.78 is 67.9. The fourth-order valence-corrected chi connectivity index (χ4v) is 8.97. The molecule has 0 saturated carbocycles. The van der Waals surface area contributed by atoms with Gasteiger partial charge in [-0.15, -0.1) is 0 Å². The zero-order valence-electron chi connectivity index (χ0n) is 40.4. The van der Waals surface area contributed by atoms with Crippen LogP contribution in [0.2, 0.25) is 0 Å². The molecular weight excluding hydrogens is 909 g/mol. The lowest BCUT2D eigenvalue weighted by Gasteiger charge is -2.47. The molecule has 2 saturated heterocycles. The monoisotopic (exact) mass is 972 g/mol. The molecular formula is C61H64O11. The Morgan fingerprint density at radius 2 is 0.556 bits per heavy atom. The maximum atomic E-state index is 12.0. The Morgan fingerprint density at radius 1 is 0.278 bits per heavy atom. The van der Waals surface area contributed by atoms with Crippen LogP contribution in [0.5, 0.6) is 0 Å². The van der Waals surface area contributed by atoms with Crippen LogP contribution < -0.4 is 0 Å². The number of hydrogen-bond donors (Lipinski definition) is 1. The quantitative estimate of drug-likeness (QED) is 0.0591. The van der Waals surface area contributed by atoms with E-state index in [0.29, 0.717) is 6.61 Å². The molecule has 0 bridgehead atoms. The highest BCUT2D eigenvalue weighted by Crippen LogP contribution is 2.34. The van der Waals surface area contributed by atoms with Gasteiger partial charge in [0.1, 0.15) is 48.8 Å². The third-order valence-electron chi connectivity index (χ3n) is 12.7. The summed E-state index contributed by atoms with van der Waals surface area (Å²) >= 11 is 0. The summed E-state index contributed by atoms with van der Waals surface area (Å²) in [5, 5.41) is 12.0. The summed E-state index contributed by atoms with van der Waals surface area (Å²) in [5.41, 5.74) is 6.80. The predicted molar refractivity (Wildman–Crippen MR) is 272 cm³/mol. The first-order valence-electron chi connectivity index (χ1n) is 24.8. The second-order valence-electron chi connectivity index (χ2n) is 18.0. The number of aliphatic hydroxyl groups is 1. The van der Waals surface area contributed by atoms with Crippen LogP contribution in [-0.2, 0) is 93.6 Å². The lowest BCUT2D eigenvalue weighted by molar-refractivity contribution is -0.349. The molecule has 10 atom stereocenters. The minimum absolute atomic E-state index is 0.0957. The SMILES string of the molecule is O[C@H]1O[C@H](CO[C@H]2O[C@H](COCc3ccccc3)[C@H](OCc3ccccc3)[C@@H](OCc3ccccc3)[C@H]2OCc2ccccc2)[C@@H](OCc2ccccc2)[C@H](OCc2ccccc2)[C@H]1OCc1ccccc1. The molecule has 374 valence electrons. The van der Waals surface area contributed by atoms with E-state index in [1.54, 1.807) is 0 Å². The van der Waals surface area contributed by atoms with E-state index in [4.69, 9.17) is 47.4 Å². The maximum absolute atomic E-state index is 12.0. The Labute approximate surface area is 423 Å². The Bertz CT molecular complexity index is 2550. The standard InChI is InChI=1S/C61H64O11/c62-60-58(68-41-50-32-18-6-19-33-50)56(66-39-48-28-14-4-15-29-48)55(65-38-47-26-12-3-13-27-47)53(71-60)44-70-61-59(69-42-51-34-20-7-21-35-51)57(67-40-49-30-16-5-17-31-49)54(64-37-46-24-10-2-11-25-46)52(72-61)43-63-36-45-22-8-1-9-23-45/h1-35,52-62H,36-44H2/t52-,53-,54+,55-,56+,57-,58-,59-,60+,61+/m1/s1. The lowest BCUT2D eigenvalue weighted by atomic mass is 9.97. The Hall–Kier alpha value is -5.90. The summed E-state index contributed by atoms with van der Waals surface area (Å²) in [4.78, 5) is 0. The van der Waals surface area contributed by atoms with Gasteiger partial charge in [0, 0.05) is 0 Å². The van der Waals surface area contributed by atoms with Crippen molar-refractivity contribution in [2.75, 3.05) is 13.2 Å². The number of benzene rings is 7. The van der Waals surface area contributed by atoms with Crippen LogP contribution in [0.4, 0.5) is 0 Å². The smallest absolute Gasteiger partial charge is 0.187 e. The molecule has 72 heavy (non-hydrogen) atoms. The number of aliphatic hydroxyl groups excluding tert-OH is 1. The summed E-state index contributed by atoms with van der Waals surface area (Å²) in [7, 11) is 0. The minimum Gasteiger partial charge on any atom is -0.374 e. The number of hydrogen-bond acceptors (Lipinski definition) is 11. The van der Waals surface area contributed by atoms with Gasteiger partial charge >= 0.3 is 0 Å². The molecule has 0 aliphatic carbocycles. The Balaban J connectivity index is 1.04. The first kappa shape index (κ1) is 51.0. The average molecular weight is 973 g/mol. The largest absolute Gasteiger partial charge is 0.374 e. The molecule has 11 nitrogen and oxygen atoms in total. The highest BCUT2D eigenvalue weighted by atomic mass is 16.7. The van der Waals surface area contributed by atoms with E-state index >= 15 is 0 Å². The number of rotatable bonds is 25. The fraction of sp³-hybridized carbons (Fsp3) is 0.311. The van der Waals surface area contributed by atoms with E-state index in [9.17, 15) is 5.11 Å². The van der Waals surface area contributed by atoms with Crippen LogP contribution in [0.25, 0.3) is 0 Å². The highest BCUT2D eigenvalue weighted by molar-refractivity contribution is 5.19. The normalized spacial score (nSPS) is 24.2. The van der Waals surface area contributed by atoms with Gasteiger partial charge in [0.15, 0.2) is 12.6 Å². The first-order chi connectivity index (χ1) is 35.6. The van der Waals surface area contributed by atoms with E-state index in [2.05, 4.69) is 0 Å². The van der Waals surface area contributed by atoms with Crippen molar-refractivity contribution in [3.63, 3.8) is 0 Å². The van der Waals surface area contributed by atoms with E-state index in [1.165, 1.54) is 0 Å². The lowest BCUT2D eigenvalue weighted by Crippen LogP contribution is -2.63. The van der Waals surface area contributed by atoms with Crippen molar-refractivity contribution in [3.05, 3.63) is 251 Å². The zero-order valence-corrected chi connectivity index (χ0v) is 40.4.